The summed E-state index contributed by atoms with van der Waals surface area (Å²) < 4.78 is 11.0. The van der Waals surface area contributed by atoms with E-state index < -0.39 is 0 Å². The average Bonchev–Trinajstić information content (AvgIpc) is 2.61. The molecule has 1 aromatic heterocycles. The van der Waals surface area contributed by atoms with Gasteiger partial charge in [0.05, 0.1) is 11.0 Å². The molecule has 0 atom stereocenters. The van der Waals surface area contributed by atoms with E-state index in [1.807, 2.05) is 0 Å². The Labute approximate surface area is 132 Å². The molecule has 0 saturated heterocycles. The van der Waals surface area contributed by atoms with Crippen LogP contribution < -0.4 is 14.8 Å². The molecule has 2 aromatic carbocycles. The van der Waals surface area contributed by atoms with E-state index in [-0.39, 0.29) is 5.91 Å². The molecule has 2 heterocycles. The molecule has 1 N–H and O–H groups in total. The minimum absolute atomic E-state index is 0.214. The van der Waals surface area contributed by atoms with Crippen LogP contribution in [0.3, 0.4) is 0 Å². The van der Waals surface area contributed by atoms with Crippen molar-refractivity contribution >= 4 is 22.6 Å². The number of fused-ring (bicyclic) bond motifs is 2. The summed E-state index contributed by atoms with van der Waals surface area (Å²) in [6.07, 6.45) is 3.22. The molecule has 0 bridgehead atoms. The number of amides is 1. The monoisotopic (exact) mass is 307 g/mol. The second-order valence-electron chi connectivity index (χ2n) is 5.07. The van der Waals surface area contributed by atoms with Crippen LogP contribution >= 0.6 is 0 Å². The lowest BCUT2D eigenvalue weighted by atomic mass is 10.1. The topological polar surface area (TPSA) is 73.3 Å². The Kier molecular flexibility index (Phi) is 3.27. The summed E-state index contributed by atoms with van der Waals surface area (Å²) in [5, 5.41) is 2.85. The Morgan fingerprint density at radius 1 is 0.913 bits per heavy atom. The van der Waals surface area contributed by atoms with Crippen molar-refractivity contribution in [2.75, 3.05) is 18.5 Å². The van der Waals surface area contributed by atoms with Crippen molar-refractivity contribution in [3.05, 3.63) is 54.4 Å². The lowest BCUT2D eigenvalue weighted by Gasteiger charge is -2.19. The van der Waals surface area contributed by atoms with Gasteiger partial charge < -0.3 is 14.8 Å². The van der Waals surface area contributed by atoms with Crippen molar-refractivity contribution in [2.45, 2.75) is 0 Å². The molecule has 0 aliphatic carbocycles. The fourth-order valence-corrected chi connectivity index (χ4v) is 2.43. The van der Waals surface area contributed by atoms with Gasteiger partial charge in [0.2, 0.25) is 0 Å². The van der Waals surface area contributed by atoms with Crippen LogP contribution in [0.1, 0.15) is 10.4 Å². The number of carbonyl (C=O) groups excluding carboxylic acids is 1. The summed E-state index contributed by atoms with van der Waals surface area (Å²) in [6.45, 7) is 1.05. The van der Waals surface area contributed by atoms with Gasteiger partial charge in [0.15, 0.2) is 11.5 Å². The first-order chi connectivity index (χ1) is 11.3. The molecule has 0 saturated carbocycles. The first-order valence-electron chi connectivity index (χ1n) is 7.21. The minimum atomic E-state index is -0.214. The Hall–Kier alpha value is -3.15. The van der Waals surface area contributed by atoms with Gasteiger partial charge in [-0.1, -0.05) is 0 Å². The van der Waals surface area contributed by atoms with Crippen LogP contribution in [0.2, 0.25) is 0 Å². The molecular formula is C17H13N3O3. The van der Waals surface area contributed by atoms with Gasteiger partial charge in [-0.15, -0.1) is 0 Å². The van der Waals surface area contributed by atoms with Crippen molar-refractivity contribution in [1.29, 1.82) is 0 Å². The number of ether oxygens (including phenoxy) is 2. The largest absolute Gasteiger partial charge is 0.486 e. The van der Waals surface area contributed by atoms with Crippen LogP contribution in [0.15, 0.2) is 48.8 Å². The summed E-state index contributed by atoms with van der Waals surface area (Å²) in [7, 11) is 0. The normalized spacial score (nSPS) is 12.9. The number of rotatable bonds is 2. The van der Waals surface area contributed by atoms with E-state index >= 15 is 0 Å². The first kappa shape index (κ1) is 13.5. The molecule has 23 heavy (non-hydrogen) atoms. The van der Waals surface area contributed by atoms with Gasteiger partial charge in [0.1, 0.15) is 13.2 Å². The highest BCUT2D eigenvalue weighted by atomic mass is 16.6. The van der Waals surface area contributed by atoms with Gasteiger partial charge in [0, 0.05) is 29.7 Å². The molecule has 6 heteroatoms. The van der Waals surface area contributed by atoms with Crippen LogP contribution in [0, 0.1) is 0 Å². The summed E-state index contributed by atoms with van der Waals surface area (Å²) in [5.41, 5.74) is 2.61. The Morgan fingerprint density at radius 3 is 2.57 bits per heavy atom. The molecular weight excluding hydrogens is 294 g/mol. The maximum absolute atomic E-state index is 12.4. The number of carbonyl (C=O) groups is 1. The molecule has 1 amide bonds. The fraction of sp³-hybridized carbons (Fsp3) is 0.118. The third-order valence-corrected chi connectivity index (χ3v) is 3.53. The fourth-order valence-electron chi connectivity index (χ4n) is 2.43. The smallest absolute Gasteiger partial charge is 0.255 e. The molecule has 1 aliphatic heterocycles. The number of nitrogens with zero attached hydrogens (tertiary/aromatic N) is 2. The minimum Gasteiger partial charge on any atom is -0.486 e. The van der Waals surface area contributed by atoms with E-state index in [1.54, 1.807) is 48.8 Å². The highest BCUT2D eigenvalue weighted by Gasteiger charge is 2.13. The third-order valence-electron chi connectivity index (χ3n) is 3.53. The van der Waals surface area contributed by atoms with E-state index in [9.17, 15) is 4.79 Å². The Morgan fingerprint density at radius 2 is 1.70 bits per heavy atom. The van der Waals surface area contributed by atoms with E-state index in [2.05, 4.69) is 15.3 Å². The van der Waals surface area contributed by atoms with Crippen LogP contribution in [0.4, 0.5) is 5.69 Å². The van der Waals surface area contributed by atoms with Gasteiger partial charge in [-0.3, -0.25) is 14.8 Å². The van der Waals surface area contributed by atoms with Crippen LogP contribution in [-0.2, 0) is 0 Å². The average molecular weight is 307 g/mol. The van der Waals surface area contributed by atoms with Crippen molar-refractivity contribution in [3.63, 3.8) is 0 Å². The van der Waals surface area contributed by atoms with E-state index in [4.69, 9.17) is 9.47 Å². The molecule has 1 aliphatic rings. The zero-order valence-electron chi connectivity index (χ0n) is 12.2. The summed E-state index contributed by atoms with van der Waals surface area (Å²) >= 11 is 0. The number of benzene rings is 2. The standard InChI is InChI=1S/C17H13N3O3/c21-17(11-1-3-13-14(9-11)19-6-5-18-13)20-12-2-4-15-16(10-12)23-8-7-22-15/h1-6,9-10H,7-8H2,(H,20,21). The number of anilines is 1. The van der Waals surface area contributed by atoms with Gasteiger partial charge >= 0.3 is 0 Å². The first-order valence-corrected chi connectivity index (χ1v) is 7.21. The Bertz CT molecular complexity index is 895. The van der Waals surface area contributed by atoms with Crippen molar-refractivity contribution in [2.24, 2.45) is 0 Å². The molecule has 6 nitrogen and oxygen atoms in total. The van der Waals surface area contributed by atoms with Crippen molar-refractivity contribution in [3.8, 4) is 11.5 Å². The number of hydrogen-bond donors (Lipinski definition) is 1. The number of hydrogen-bond acceptors (Lipinski definition) is 5. The summed E-state index contributed by atoms with van der Waals surface area (Å²) in [6, 6.07) is 10.6. The zero-order chi connectivity index (χ0) is 15.6. The van der Waals surface area contributed by atoms with Crippen LogP contribution in [0.5, 0.6) is 11.5 Å². The Balaban J connectivity index is 1.59. The molecule has 0 spiro atoms. The molecule has 3 aromatic rings. The van der Waals surface area contributed by atoms with Gasteiger partial charge in [-0.25, -0.2) is 0 Å². The predicted molar refractivity (Wildman–Crippen MR) is 84.9 cm³/mol. The summed E-state index contributed by atoms with van der Waals surface area (Å²) in [5.74, 6) is 1.11. The van der Waals surface area contributed by atoms with Gasteiger partial charge in [-0.2, -0.15) is 0 Å². The second-order valence-corrected chi connectivity index (χ2v) is 5.07. The quantitative estimate of drug-likeness (QED) is 0.788. The number of aromatic nitrogens is 2. The molecule has 0 radical (unpaired) electrons. The van der Waals surface area contributed by atoms with E-state index in [0.717, 1.165) is 5.52 Å². The van der Waals surface area contributed by atoms with Crippen LogP contribution in [0.25, 0.3) is 11.0 Å². The maximum Gasteiger partial charge on any atom is 0.255 e. The van der Waals surface area contributed by atoms with Gasteiger partial charge in [0.25, 0.3) is 5.91 Å². The molecule has 4 rings (SSSR count). The zero-order valence-corrected chi connectivity index (χ0v) is 12.2. The SMILES string of the molecule is O=C(Nc1ccc2c(c1)OCCO2)c1ccc2nccnc2c1. The van der Waals surface area contributed by atoms with Gasteiger partial charge in [-0.05, 0) is 30.3 Å². The predicted octanol–water partition coefficient (Wildman–Crippen LogP) is 2.65. The van der Waals surface area contributed by atoms with Crippen LogP contribution in [-0.4, -0.2) is 29.1 Å². The summed E-state index contributed by atoms with van der Waals surface area (Å²) in [4.78, 5) is 20.8. The van der Waals surface area contributed by atoms with E-state index in [1.165, 1.54) is 0 Å². The highest BCUT2D eigenvalue weighted by molar-refractivity contribution is 6.06. The van der Waals surface area contributed by atoms with Crippen molar-refractivity contribution in [1.82, 2.24) is 9.97 Å². The van der Waals surface area contributed by atoms with Crippen molar-refractivity contribution < 1.29 is 14.3 Å². The highest BCUT2D eigenvalue weighted by Crippen LogP contribution is 2.32. The lowest BCUT2D eigenvalue weighted by molar-refractivity contribution is 0.102. The molecule has 0 fully saturated rings. The maximum atomic E-state index is 12.4. The lowest BCUT2D eigenvalue weighted by Crippen LogP contribution is -2.16. The molecule has 0 unspecified atom stereocenters. The number of nitrogens with one attached hydrogen (secondary N) is 1. The molecule has 114 valence electrons. The second kappa shape index (κ2) is 5.57. The van der Waals surface area contributed by atoms with E-state index in [0.29, 0.717) is 41.5 Å². The third kappa shape index (κ3) is 2.66.